The molecule has 1 N–H and O–H groups in total. The van der Waals surface area contributed by atoms with Crippen LogP contribution in [0.1, 0.15) is 21.5 Å². The van der Waals surface area contributed by atoms with Crippen LogP contribution in [-0.4, -0.2) is 22.8 Å². The molecule has 0 spiro atoms. The Bertz CT molecular complexity index is 572. The predicted molar refractivity (Wildman–Crippen MR) is 81.1 cm³/mol. The maximum absolute atomic E-state index is 12.1. The maximum atomic E-state index is 12.1. The zero-order chi connectivity index (χ0) is 14.4. The maximum Gasteiger partial charge on any atom is 0.253 e. The van der Waals surface area contributed by atoms with Gasteiger partial charge in [0, 0.05) is 24.3 Å². The van der Waals surface area contributed by atoms with Crippen molar-refractivity contribution < 1.29 is 4.79 Å². The topological polar surface area (TPSA) is 42.0 Å². The number of amides is 1. The summed E-state index contributed by atoms with van der Waals surface area (Å²) in [7, 11) is 0. The van der Waals surface area contributed by atoms with Gasteiger partial charge in [-0.05, 0) is 30.5 Å². The molecular weight excluding hydrogens is 272 g/mol. The zero-order valence-electron chi connectivity index (χ0n) is 11.3. The van der Waals surface area contributed by atoms with Gasteiger partial charge in [0.2, 0.25) is 0 Å². The standard InChI is InChI=1S/C16H17ClN2O/c1-12-7-14(11-18-10-12)16(20)19-15(9-17)8-13-5-3-2-4-6-13/h2-7,10-11,15H,8-9H2,1H3,(H,19,20). The van der Waals surface area contributed by atoms with Crippen molar-refractivity contribution in [2.45, 2.75) is 19.4 Å². The first-order valence-corrected chi connectivity index (χ1v) is 7.05. The molecule has 2 aromatic rings. The molecule has 1 heterocycles. The van der Waals surface area contributed by atoms with E-state index in [9.17, 15) is 4.79 Å². The van der Waals surface area contributed by atoms with E-state index in [1.807, 2.05) is 43.3 Å². The lowest BCUT2D eigenvalue weighted by molar-refractivity contribution is 0.0940. The third-order valence-electron chi connectivity index (χ3n) is 2.98. The highest BCUT2D eigenvalue weighted by Crippen LogP contribution is 2.07. The lowest BCUT2D eigenvalue weighted by Crippen LogP contribution is -2.37. The molecule has 0 radical (unpaired) electrons. The SMILES string of the molecule is Cc1cncc(C(=O)NC(CCl)Cc2ccccc2)c1. The number of nitrogens with zero attached hydrogens (tertiary/aromatic N) is 1. The normalized spacial score (nSPS) is 11.9. The first kappa shape index (κ1) is 14.5. The van der Waals surface area contributed by atoms with Crippen molar-refractivity contribution in [2.75, 3.05) is 5.88 Å². The van der Waals surface area contributed by atoms with Gasteiger partial charge in [0.1, 0.15) is 0 Å². The Hall–Kier alpha value is -1.87. The minimum Gasteiger partial charge on any atom is -0.348 e. The van der Waals surface area contributed by atoms with Crippen LogP contribution in [0.15, 0.2) is 48.8 Å². The Labute approximate surface area is 124 Å². The fraction of sp³-hybridized carbons (Fsp3) is 0.250. The first-order valence-electron chi connectivity index (χ1n) is 6.51. The van der Waals surface area contributed by atoms with Gasteiger partial charge < -0.3 is 5.32 Å². The van der Waals surface area contributed by atoms with Crippen LogP contribution in [0.5, 0.6) is 0 Å². The molecule has 0 aliphatic carbocycles. The Balaban J connectivity index is 2.01. The fourth-order valence-electron chi connectivity index (χ4n) is 1.99. The number of benzene rings is 1. The van der Waals surface area contributed by atoms with Crippen molar-refractivity contribution in [3.8, 4) is 0 Å². The summed E-state index contributed by atoms with van der Waals surface area (Å²) in [6, 6.07) is 11.7. The summed E-state index contributed by atoms with van der Waals surface area (Å²) >= 11 is 5.95. The number of aromatic nitrogens is 1. The van der Waals surface area contributed by atoms with Crippen molar-refractivity contribution in [1.29, 1.82) is 0 Å². The Morgan fingerprint density at radius 1 is 1.30 bits per heavy atom. The van der Waals surface area contributed by atoms with Gasteiger partial charge in [-0.25, -0.2) is 0 Å². The predicted octanol–water partition coefficient (Wildman–Crippen LogP) is 2.97. The minimum atomic E-state index is -0.136. The van der Waals surface area contributed by atoms with E-state index in [0.29, 0.717) is 11.4 Å². The molecule has 4 heteroatoms. The monoisotopic (exact) mass is 288 g/mol. The van der Waals surface area contributed by atoms with Gasteiger partial charge in [-0.3, -0.25) is 9.78 Å². The minimum absolute atomic E-state index is 0.0907. The van der Waals surface area contributed by atoms with Gasteiger partial charge in [-0.15, -0.1) is 11.6 Å². The van der Waals surface area contributed by atoms with E-state index in [4.69, 9.17) is 11.6 Å². The molecule has 0 saturated carbocycles. The summed E-state index contributed by atoms with van der Waals surface area (Å²) in [5.74, 6) is 0.239. The lowest BCUT2D eigenvalue weighted by atomic mass is 10.1. The number of alkyl halides is 1. The van der Waals surface area contributed by atoms with Crippen molar-refractivity contribution in [3.05, 3.63) is 65.5 Å². The number of aryl methyl sites for hydroxylation is 1. The highest BCUT2D eigenvalue weighted by atomic mass is 35.5. The van der Waals surface area contributed by atoms with Crippen molar-refractivity contribution in [2.24, 2.45) is 0 Å². The summed E-state index contributed by atoms with van der Waals surface area (Å²) in [5, 5.41) is 2.95. The quantitative estimate of drug-likeness (QED) is 0.860. The van der Waals surface area contributed by atoms with Crippen LogP contribution < -0.4 is 5.32 Å². The molecule has 0 saturated heterocycles. The van der Waals surface area contributed by atoms with E-state index in [0.717, 1.165) is 17.5 Å². The van der Waals surface area contributed by atoms with Crippen molar-refractivity contribution in [1.82, 2.24) is 10.3 Å². The van der Waals surface area contributed by atoms with E-state index >= 15 is 0 Å². The second-order valence-corrected chi connectivity index (χ2v) is 5.07. The first-order chi connectivity index (χ1) is 9.69. The van der Waals surface area contributed by atoms with Crippen LogP contribution in [0.2, 0.25) is 0 Å². The van der Waals surface area contributed by atoms with Crippen molar-refractivity contribution >= 4 is 17.5 Å². The molecule has 2 rings (SSSR count). The van der Waals surface area contributed by atoms with Gasteiger partial charge in [-0.1, -0.05) is 30.3 Å². The second-order valence-electron chi connectivity index (χ2n) is 4.77. The molecule has 0 aliphatic rings. The van der Waals surface area contributed by atoms with Gasteiger partial charge >= 0.3 is 0 Å². The van der Waals surface area contributed by atoms with Gasteiger partial charge in [0.25, 0.3) is 5.91 Å². The average Bonchev–Trinajstić information content (AvgIpc) is 2.47. The molecular formula is C16H17ClN2O. The summed E-state index contributed by atoms with van der Waals surface area (Å²) in [6.07, 6.45) is 4.01. The van der Waals surface area contributed by atoms with E-state index in [-0.39, 0.29) is 11.9 Å². The molecule has 0 bridgehead atoms. The number of pyridine rings is 1. The van der Waals surface area contributed by atoms with Crippen LogP contribution in [0, 0.1) is 6.92 Å². The highest BCUT2D eigenvalue weighted by Gasteiger charge is 2.13. The molecule has 1 unspecified atom stereocenters. The second kappa shape index (κ2) is 7.06. The highest BCUT2D eigenvalue weighted by molar-refractivity contribution is 6.18. The molecule has 0 fully saturated rings. The summed E-state index contributed by atoms with van der Waals surface area (Å²) in [5.41, 5.74) is 2.68. The van der Waals surface area contributed by atoms with E-state index < -0.39 is 0 Å². The van der Waals surface area contributed by atoms with Crippen molar-refractivity contribution in [3.63, 3.8) is 0 Å². The molecule has 0 aliphatic heterocycles. The number of hydrogen-bond acceptors (Lipinski definition) is 2. The summed E-state index contributed by atoms with van der Waals surface area (Å²) in [4.78, 5) is 16.2. The molecule has 20 heavy (non-hydrogen) atoms. The van der Waals surface area contributed by atoms with E-state index in [2.05, 4.69) is 10.3 Å². The largest absolute Gasteiger partial charge is 0.348 e. The summed E-state index contributed by atoms with van der Waals surface area (Å²) < 4.78 is 0. The molecule has 1 amide bonds. The molecule has 104 valence electrons. The zero-order valence-corrected chi connectivity index (χ0v) is 12.1. The average molecular weight is 289 g/mol. The molecule has 3 nitrogen and oxygen atoms in total. The third kappa shape index (κ3) is 4.07. The Kier molecular flexibility index (Phi) is 5.13. The molecule has 1 atom stereocenters. The van der Waals surface area contributed by atoms with E-state index in [1.54, 1.807) is 12.4 Å². The van der Waals surface area contributed by atoms with Crippen LogP contribution in [0.25, 0.3) is 0 Å². The van der Waals surface area contributed by atoms with Crippen LogP contribution in [0.4, 0.5) is 0 Å². The van der Waals surface area contributed by atoms with E-state index in [1.165, 1.54) is 0 Å². The van der Waals surface area contributed by atoms with Gasteiger partial charge in [0.05, 0.1) is 5.56 Å². The van der Waals surface area contributed by atoms with Gasteiger partial charge in [0.15, 0.2) is 0 Å². The fourth-order valence-corrected chi connectivity index (χ4v) is 2.18. The number of halogens is 1. The van der Waals surface area contributed by atoms with Gasteiger partial charge in [-0.2, -0.15) is 0 Å². The molecule has 1 aromatic heterocycles. The number of rotatable bonds is 5. The Morgan fingerprint density at radius 2 is 2.05 bits per heavy atom. The third-order valence-corrected chi connectivity index (χ3v) is 3.36. The lowest BCUT2D eigenvalue weighted by Gasteiger charge is -2.16. The summed E-state index contributed by atoms with van der Waals surface area (Å²) in [6.45, 7) is 1.91. The Morgan fingerprint density at radius 3 is 2.70 bits per heavy atom. The van der Waals surface area contributed by atoms with Crippen LogP contribution >= 0.6 is 11.6 Å². The van der Waals surface area contributed by atoms with Crippen LogP contribution in [0.3, 0.4) is 0 Å². The number of nitrogens with one attached hydrogen (secondary N) is 1. The molecule has 1 aromatic carbocycles. The number of carbonyl (C=O) groups excluding carboxylic acids is 1. The van der Waals surface area contributed by atoms with Crippen LogP contribution in [-0.2, 0) is 6.42 Å². The smallest absolute Gasteiger partial charge is 0.253 e. The number of carbonyl (C=O) groups is 1. The number of hydrogen-bond donors (Lipinski definition) is 1.